The van der Waals surface area contributed by atoms with Gasteiger partial charge in [-0.3, -0.25) is 9.11 Å². The second kappa shape index (κ2) is 5.81. The van der Waals surface area contributed by atoms with Crippen LogP contribution in [0.2, 0.25) is 0 Å². The average Bonchev–Trinajstić information content (AvgIpc) is 2.12. The van der Waals surface area contributed by atoms with Gasteiger partial charge in [0.2, 0.25) is 10.3 Å². The fraction of sp³-hybridized carbons (Fsp3) is 0.143. The fourth-order valence-electron chi connectivity index (χ4n) is 1.32. The first-order valence-corrected chi connectivity index (χ1v) is 7.80. The van der Waals surface area contributed by atoms with Crippen LogP contribution in [0.4, 0.5) is 5.69 Å². The summed E-state index contributed by atoms with van der Waals surface area (Å²) in [6.45, 7) is 1.32. The Balaban J connectivity index is 0.00000324. The lowest BCUT2D eigenvalue weighted by molar-refractivity contribution is -0.0000120. The van der Waals surface area contributed by atoms with Gasteiger partial charge < -0.3 is 17.0 Å². The van der Waals surface area contributed by atoms with Crippen molar-refractivity contribution in [3.8, 4) is 0 Å². The van der Waals surface area contributed by atoms with E-state index in [1.165, 1.54) is 6.92 Å². The molecule has 1 rings (SSSR count). The normalized spacial score (nSPS) is 11.5. The minimum Gasteiger partial charge on any atom is -1.00 e. The van der Waals surface area contributed by atoms with E-state index in [2.05, 4.69) is 20.9 Å². The predicted octanol–water partition coefficient (Wildman–Crippen LogP) is -1.26. The zero-order chi connectivity index (χ0) is 14.3. The molecule has 0 aliphatic rings. The summed E-state index contributed by atoms with van der Waals surface area (Å²) in [5.41, 5.74) is -0.599. The molecular weight excluding hydrogens is 432 g/mol. The van der Waals surface area contributed by atoms with Crippen LogP contribution in [0.5, 0.6) is 0 Å². The van der Waals surface area contributed by atoms with Crippen LogP contribution in [0.1, 0.15) is 5.56 Å². The van der Waals surface area contributed by atoms with E-state index < -0.39 is 35.7 Å². The third-order valence-electron chi connectivity index (χ3n) is 1.97. The molecule has 0 aromatic heterocycles. The van der Waals surface area contributed by atoms with Gasteiger partial charge in [-0.2, -0.15) is 16.8 Å². The summed E-state index contributed by atoms with van der Waals surface area (Å²) in [4.78, 5) is 0.327. The summed E-state index contributed by atoms with van der Waals surface area (Å²) in [6.07, 6.45) is 0. The van der Waals surface area contributed by atoms with Gasteiger partial charge in [0.05, 0.1) is 0 Å². The Morgan fingerprint density at radius 3 is 1.89 bits per heavy atom. The summed E-state index contributed by atoms with van der Waals surface area (Å²) in [5.74, 6) is 0. The van der Waals surface area contributed by atoms with Crippen molar-refractivity contribution < 1.29 is 42.9 Å². The third kappa shape index (κ3) is 3.71. The maximum absolute atomic E-state index is 11.2. The van der Waals surface area contributed by atoms with Crippen LogP contribution in [0.25, 0.3) is 4.98 Å². The van der Waals surface area contributed by atoms with Crippen LogP contribution in [-0.2, 0) is 20.2 Å². The number of benzene rings is 1. The van der Waals surface area contributed by atoms with Gasteiger partial charge in [0.15, 0.2) is 4.98 Å². The lowest BCUT2D eigenvalue weighted by Gasteiger charge is -2.05. The van der Waals surface area contributed by atoms with Gasteiger partial charge in [0.25, 0.3) is 10.1 Å². The van der Waals surface area contributed by atoms with Crippen LogP contribution in [-0.4, -0.2) is 25.9 Å². The highest BCUT2D eigenvalue weighted by Gasteiger charge is 2.37. The van der Waals surface area contributed by atoms with E-state index >= 15 is 0 Å². The molecular formula is C7H6Br2N2O6S2. The van der Waals surface area contributed by atoms with Crippen LogP contribution < -0.4 is 17.0 Å². The zero-order valence-corrected chi connectivity index (χ0v) is 13.9. The molecule has 8 nitrogen and oxygen atoms in total. The lowest BCUT2D eigenvalue weighted by Crippen LogP contribution is -3.00. The highest BCUT2D eigenvalue weighted by molar-refractivity contribution is 9.10. The molecule has 0 bridgehead atoms. The van der Waals surface area contributed by atoms with E-state index in [1.54, 1.807) is 0 Å². The predicted molar refractivity (Wildman–Crippen MR) is 63.3 cm³/mol. The van der Waals surface area contributed by atoms with E-state index in [-0.39, 0.29) is 27.0 Å². The molecule has 0 saturated carbocycles. The number of hydrogen-bond acceptors (Lipinski definition) is 5. The van der Waals surface area contributed by atoms with E-state index in [0.29, 0.717) is 0 Å². The maximum Gasteiger partial charge on any atom is 0.410 e. The molecule has 0 saturated heterocycles. The second-order valence-electron chi connectivity index (χ2n) is 3.23. The first-order chi connectivity index (χ1) is 8.00. The SMILES string of the molecule is Cc1cc(Br)c(S(=O)(=O)O)c(S(=O)(=O)O)c1[N+]#N.[Br-]. The number of diazo groups is 1. The Labute approximate surface area is 127 Å². The maximum atomic E-state index is 11.2. The summed E-state index contributed by atoms with van der Waals surface area (Å²) < 4.78 is 62.3. The van der Waals surface area contributed by atoms with Gasteiger partial charge in [-0.05, 0) is 28.9 Å². The number of nitrogens with zero attached hydrogens (tertiary/aromatic N) is 2. The van der Waals surface area contributed by atoms with Crippen molar-refractivity contribution in [2.45, 2.75) is 16.7 Å². The Morgan fingerprint density at radius 2 is 1.58 bits per heavy atom. The highest BCUT2D eigenvalue weighted by atomic mass is 79.9. The van der Waals surface area contributed by atoms with Crippen molar-refractivity contribution in [1.82, 2.24) is 0 Å². The van der Waals surface area contributed by atoms with E-state index in [4.69, 9.17) is 14.5 Å². The van der Waals surface area contributed by atoms with Gasteiger partial charge in [0, 0.05) is 10.0 Å². The lowest BCUT2D eigenvalue weighted by atomic mass is 10.2. The van der Waals surface area contributed by atoms with Crippen molar-refractivity contribution in [1.29, 1.82) is 5.39 Å². The van der Waals surface area contributed by atoms with Gasteiger partial charge >= 0.3 is 15.8 Å². The smallest absolute Gasteiger partial charge is 0.410 e. The van der Waals surface area contributed by atoms with Crippen LogP contribution in [0.3, 0.4) is 0 Å². The minimum atomic E-state index is -5.03. The molecule has 0 fully saturated rings. The van der Waals surface area contributed by atoms with E-state index in [1.807, 2.05) is 0 Å². The number of halogens is 2. The van der Waals surface area contributed by atoms with Crippen molar-refractivity contribution in [3.05, 3.63) is 21.1 Å². The van der Waals surface area contributed by atoms with Crippen LogP contribution >= 0.6 is 15.9 Å². The largest absolute Gasteiger partial charge is 1.00 e. The van der Waals surface area contributed by atoms with Gasteiger partial charge in [0.1, 0.15) is 4.90 Å². The summed E-state index contributed by atoms with van der Waals surface area (Å²) >= 11 is 2.75. The molecule has 1 aromatic rings. The van der Waals surface area contributed by atoms with Crippen LogP contribution in [0, 0.1) is 12.3 Å². The Kier molecular flexibility index (Phi) is 5.64. The summed E-state index contributed by atoms with van der Waals surface area (Å²) in [6, 6.07) is 1.12. The standard InChI is InChI=1S/C7H5BrN2O6S2.BrH/c1-3-2-4(8)6(17(11,12)13)7(5(3)10-9)18(14,15)16;/h2H,1H3,(H-,11,12,13,14,15,16);1H. The Morgan fingerprint density at radius 1 is 1.16 bits per heavy atom. The quantitative estimate of drug-likeness (QED) is 0.435. The molecule has 19 heavy (non-hydrogen) atoms. The number of rotatable bonds is 2. The molecule has 1 aromatic carbocycles. The summed E-state index contributed by atoms with van der Waals surface area (Å²) in [7, 11) is -9.98. The first kappa shape index (κ1) is 18.4. The van der Waals surface area contributed by atoms with Crippen molar-refractivity contribution >= 4 is 41.9 Å². The van der Waals surface area contributed by atoms with E-state index in [0.717, 1.165) is 6.07 Å². The molecule has 0 amide bonds. The molecule has 0 heterocycles. The molecule has 12 heteroatoms. The van der Waals surface area contributed by atoms with Gasteiger partial charge in [-0.25, -0.2) is 0 Å². The van der Waals surface area contributed by atoms with Crippen molar-refractivity contribution in [2.75, 3.05) is 0 Å². The highest BCUT2D eigenvalue weighted by Crippen LogP contribution is 2.38. The average molecular weight is 438 g/mol. The zero-order valence-electron chi connectivity index (χ0n) is 9.07. The van der Waals surface area contributed by atoms with Crippen molar-refractivity contribution in [3.63, 3.8) is 0 Å². The van der Waals surface area contributed by atoms with E-state index in [9.17, 15) is 16.8 Å². The number of hydrogen-bond donors (Lipinski definition) is 2. The molecule has 0 atom stereocenters. The number of aryl methyl sites for hydroxylation is 1. The first-order valence-electron chi connectivity index (χ1n) is 4.13. The molecule has 106 valence electrons. The molecule has 0 spiro atoms. The Bertz CT molecular complexity index is 766. The van der Waals surface area contributed by atoms with Crippen molar-refractivity contribution in [2.24, 2.45) is 0 Å². The fourth-order valence-corrected chi connectivity index (χ4v) is 4.67. The van der Waals surface area contributed by atoms with Gasteiger partial charge in [-0.15, -0.1) is 0 Å². The molecule has 0 aliphatic carbocycles. The monoisotopic (exact) mass is 436 g/mol. The molecule has 0 unspecified atom stereocenters. The molecule has 0 aliphatic heterocycles. The minimum absolute atomic E-state index is 0. The topological polar surface area (TPSA) is 137 Å². The molecule has 2 N–H and O–H groups in total. The summed E-state index contributed by atoms with van der Waals surface area (Å²) in [5, 5.41) is 8.70. The van der Waals surface area contributed by atoms with Crippen LogP contribution in [0.15, 0.2) is 20.3 Å². The molecule has 0 radical (unpaired) electrons. The van der Waals surface area contributed by atoms with Gasteiger partial charge in [-0.1, -0.05) is 0 Å². The second-order valence-corrected chi connectivity index (χ2v) is 6.80. The third-order valence-corrected chi connectivity index (χ3v) is 4.84. The Hall–Kier alpha value is -0.580.